The molecule has 0 saturated heterocycles. The van der Waals surface area contributed by atoms with Gasteiger partial charge in [0.25, 0.3) is 0 Å². The van der Waals surface area contributed by atoms with Gasteiger partial charge in [0.2, 0.25) is 0 Å². The van der Waals surface area contributed by atoms with Crippen molar-refractivity contribution in [3.63, 3.8) is 0 Å². The van der Waals surface area contributed by atoms with Gasteiger partial charge in [-0.25, -0.2) is 3.53 Å². The fraction of sp³-hybridized carbons (Fsp3) is 1.00. The van der Waals surface area contributed by atoms with Gasteiger partial charge in [0, 0.05) is 22.9 Å². The number of halogens is 1. The normalized spacial score (nSPS) is 14.1. The summed E-state index contributed by atoms with van der Waals surface area (Å²) in [5, 5.41) is 8.73. The molecule has 44 valence electrons. The van der Waals surface area contributed by atoms with Gasteiger partial charge in [0.1, 0.15) is 6.23 Å². The third kappa shape index (κ3) is 4.94. The first-order valence-electron chi connectivity index (χ1n) is 2.05. The molecule has 7 heavy (non-hydrogen) atoms. The monoisotopic (exact) mass is 233 g/mol. The average molecular weight is 233 g/mol. The van der Waals surface area contributed by atoms with Crippen molar-refractivity contribution < 1.29 is 5.11 Å². The molecule has 0 aromatic heterocycles. The Morgan fingerprint density at radius 3 is 2.57 bits per heavy atom. The van der Waals surface area contributed by atoms with E-state index in [1.54, 1.807) is 0 Å². The van der Waals surface area contributed by atoms with E-state index in [4.69, 9.17) is 5.11 Å². The van der Waals surface area contributed by atoms with Gasteiger partial charge in [-0.05, 0) is 12.6 Å². The maximum absolute atomic E-state index is 8.73. The topological polar surface area (TPSA) is 32.3 Å². The van der Waals surface area contributed by atoms with Crippen molar-refractivity contribution in [2.45, 2.75) is 12.6 Å². The molecule has 0 rings (SSSR count). The second kappa shape index (κ2) is 5.22. The maximum Gasteiger partial charge on any atom is 0.113 e. The van der Waals surface area contributed by atoms with Crippen LogP contribution in [0.1, 0.15) is 6.42 Å². The van der Waals surface area contributed by atoms with Gasteiger partial charge in [-0.3, -0.25) is 0 Å². The Labute approximate surface area is 59.8 Å². The molecule has 0 aliphatic carbocycles. The fourth-order valence-corrected chi connectivity index (χ4v) is 0.840. The van der Waals surface area contributed by atoms with E-state index in [1.165, 1.54) is 0 Å². The molecule has 0 fully saturated rings. The van der Waals surface area contributed by atoms with E-state index in [-0.39, 0.29) is 6.23 Å². The highest BCUT2D eigenvalue weighted by Gasteiger charge is 1.94. The molecule has 0 aromatic carbocycles. The summed E-state index contributed by atoms with van der Waals surface area (Å²) < 4.78 is 2.68. The molecule has 0 radical (unpaired) electrons. The number of hydrogen-bond acceptors (Lipinski definition) is 2. The van der Waals surface area contributed by atoms with Crippen molar-refractivity contribution in [2.24, 2.45) is 0 Å². The molecule has 2 N–H and O–H groups in total. The van der Waals surface area contributed by atoms with Crippen LogP contribution in [0.15, 0.2) is 0 Å². The number of nitrogens with one attached hydrogen (secondary N) is 1. The molecule has 0 heterocycles. The fourth-order valence-electron chi connectivity index (χ4n) is 0.212. The molecule has 0 spiro atoms. The van der Waals surface area contributed by atoms with Crippen molar-refractivity contribution >= 4 is 32.1 Å². The Morgan fingerprint density at radius 2 is 2.43 bits per heavy atom. The molecule has 0 saturated carbocycles. The van der Waals surface area contributed by atoms with Crippen LogP contribution in [-0.2, 0) is 0 Å². The van der Waals surface area contributed by atoms with Gasteiger partial charge in [0.15, 0.2) is 0 Å². The summed E-state index contributed by atoms with van der Waals surface area (Å²) in [6.45, 7) is 0. The summed E-state index contributed by atoms with van der Waals surface area (Å²) in [5.74, 6) is 0. The zero-order chi connectivity index (χ0) is 5.70. The van der Waals surface area contributed by atoms with Crippen molar-refractivity contribution in [3.8, 4) is 0 Å². The predicted octanol–water partition coefficient (Wildman–Crippen LogP) is 0.510. The second-order valence-electron chi connectivity index (χ2n) is 1.20. The number of aliphatic hydroxyl groups is 1. The Morgan fingerprint density at radius 1 is 1.86 bits per heavy atom. The van der Waals surface area contributed by atoms with E-state index >= 15 is 0 Å². The second-order valence-corrected chi connectivity index (χ2v) is 2.40. The van der Waals surface area contributed by atoms with E-state index < -0.39 is 0 Å². The average Bonchev–Trinajstić information content (AvgIpc) is 1.68. The molecule has 0 amide bonds. The summed E-state index contributed by atoms with van der Waals surface area (Å²) in [7, 11) is 2.55. The zero-order valence-corrected chi connectivity index (χ0v) is 7.21. The molecule has 0 aromatic rings. The lowest BCUT2D eigenvalue weighted by Gasteiger charge is -2.02. The summed E-state index contributed by atoms with van der Waals surface area (Å²) in [4.78, 5) is 0. The predicted molar refractivity (Wildman–Crippen MR) is 42.4 cm³/mol. The molecule has 0 bridgehead atoms. The molecule has 0 aliphatic rings. The van der Waals surface area contributed by atoms with Crippen molar-refractivity contribution in [1.29, 1.82) is 0 Å². The van der Waals surface area contributed by atoms with Gasteiger partial charge < -0.3 is 5.11 Å². The van der Waals surface area contributed by atoms with Gasteiger partial charge in [-0.15, -0.1) is 9.24 Å². The molecule has 2 nitrogen and oxygen atoms in total. The molecule has 2 atom stereocenters. The Hall–Kier alpha value is 1.08. The van der Waals surface area contributed by atoms with Crippen LogP contribution >= 0.6 is 32.1 Å². The largest absolute Gasteiger partial charge is 0.378 e. The number of aliphatic hydroxyl groups excluding tert-OH is 1. The minimum atomic E-state index is -0.335. The first-order valence-corrected chi connectivity index (χ1v) is 3.95. The van der Waals surface area contributed by atoms with Crippen LogP contribution in [0.4, 0.5) is 0 Å². The van der Waals surface area contributed by atoms with Gasteiger partial charge in [-0.2, -0.15) is 0 Å². The van der Waals surface area contributed by atoms with Crippen LogP contribution in [-0.4, -0.2) is 17.5 Å². The van der Waals surface area contributed by atoms with Crippen LogP contribution in [0.25, 0.3) is 0 Å². The van der Waals surface area contributed by atoms with Crippen LogP contribution < -0.4 is 3.53 Å². The number of rotatable bonds is 3. The zero-order valence-electron chi connectivity index (χ0n) is 3.89. The van der Waals surface area contributed by atoms with Crippen molar-refractivity contribution in [3.05, 3.63) is 0 Å². The Bertz CT molecular complexity index is 45.9. The van der Waals surface area contributed by atoms with E-state index in [2.05, 4.69) is 12.8 Å². The first-order chi connectivity index (χ1) is 3.31. The van der Waals surface area contributed by atoms with Gasteiger partial charge in [0.05, 0.1) is 0 Å². The smallest absolute Gasteiger partial charge is 0.113 e. The minimum absolute atomic E-state index is 0.335. The highest BCUT2D eigenvalue weighted by atomic mass is 127. The van der Waals surface area contributed by atoms with Crippen molar-refractivity contribution in [2.75, 3.05) is 6.16 Å². The third-order valence-electron chi connectivity index (χ3n) is 0.566. The standard InChI is InChI=1S/C3H9INOP/c4-5-3(6)1-2-7/h3,5-6H,1-2,7H2. The Kier molecular flexibility index (Phi) is 6.03. The van der Waals surface area contributed by atoms with E-state index in [1.807, 2.05) is 22.9 Å². The lowest BCUT2D eigenvalue weighted by molar-refractivity contribution is 0.169. The maximum atomic E-state index is 8.73. The van der Waals surface area contributed by atoms with Gasteiger partial charge in [-0.1, -0.05) is 0 Å². The lowest BCUT2D eigenvalue weighted by Crippen LogP contribution is -2.18. The minimum Gasteiger partial charge on any atom is -0.378 e. The molecule has 4 heteroatoms. The SMILES string of the molecule is OC(CCP)NI. The lowest BCUT2D eigenvalue weighted by atomic mass is 10.4. The van der Waals surface area contributed by atoms with E-state index in [0.717, 1.165) is 12.6 Å². The van der Waals surface area contributed by atoms with Crippen LogP contribution in [0, 0.1) is 0 Å². The molecular formula is C3H9INOP. The van der Waals surface area contributed by atoms with Crippen molar-refractivity contribution in [1.82, 2.24) is 3.53 Å². The molecule has 2 unspecified atom stereocenters. The van der Waals surface area contributed by atoms with E-state index in [9.17, 15) is 0 Å². The van der Waals surface area contributed by atoms with Crippen LogP contribution in [0.2, 0.25) is 0 Å². The summed E-state index contributed by atoms with van der Waals surface area (Å²) in [6, 6.07) is 0. The summed E-state index contributed by atoms with van der Waals surface area (Å²) >= 11 is 1.93. The van der Waals surface area contributed by atoms with Crippen LogP contribution in [0.5, 0.6) is 0 Å². The highest BCUT2D eigenvalue weighted by Crippen LogP contribution is 1.93. The third-order valence-corrected chi connectivity index (χ3v) is 1.62. The van der Waals surface area contributed by atoms with Gasteiger partial charge >= 0.3 is 0 Å². The van der Waals surface area contributed by atoms with Crippen LogP contribution in [0.3, 0.4) is 0 Å². The first kappa shape index (κ1) is 8.08. The summed E-state index contributed by atoms with van der Waals surface area (Å²) in [5.41, 5.74) is 0. The highest BCUT2D eigenvalue weighted by molar-refractivity contribution is 14.1. The quantitative estimate of drug-likeness (QED) is 0.322. The summed E-state index contributed by atoms with van der Waals surface area (Å²) in [6.07, 6.45) is 1.41. The Balaban J connectivity index is 2.83. The number of hydrogen-bond donors (Lipinski definition) is 2. The molecular weight excluding hydrogens is 224 g/mol. The molecule has 0 aliphatic heterocycles. The van der Waals surface area contributed by atoms with E-state index in [0.29, 0.717) is 0 Å².